The molecule has 1 nitrogen and oxygen atoms in total. The van der Waals surface area contributed by atoms with E-state index in [0.717, 1.165) is 5.75 Å². The summed E-state index contributed by atoms with van der Waals surface area (Å²) in [6.07, 6.45) is 0. The smallest absolute Gasteiger partial charge is 0.112 e. The second-order valence-corrected chi connectivity index (χ2v) is 6.03. The number of halogens is 1. The maximum Gasteiger partial charge on any atom is 0.112 e. The summed E-state index contributed by atoms with van der Waals surface area (Å²) in [7, 11) is 0. The lowest BCUT2D eigenvalue weighted by molar-refractivity contribution is 1.13. The number of thiophene rings is 1. The molecule has 2 heterocycles. The molecule has 0 amide bonds. The average Bonchev–Trinajstić information content (AvgIpc) is 2.58. The van der Waals surface area contributed by atoms with E-state index in [-0.39, 0.29) is 0 Å². The molecule has 1 aromatic rings. The molecule has 0 saturated heterocycles. The van der Waals surface area contributed by atoms with Gasteiger partial charge in [-0.1, -0.05) is 22.6 Å². The lowest BCUT2D eigenvalue weighted by Crippen LogP contribution is -1.86. The Morgan fingerprint density at radius 3 is 3.00 bits per heavy atom. The summed E-state index contributed by atoms with van der Waals surface area (Å²) in [6, 6.07) is 2.21. The Bertz CT molecular complexity index is 319. The summed E-state index contributed by atoms with van der Waals surface area (Å²) in [5.74, 6) is 1.13. The molecule has 0 spiro atoms. The van der Waals surface area contributed by atoms with Crippen LogP contribution >= 0.6 is 45.7 Å². The van der Waals surface area contributed by atoms with Crippen LogP contribution in [0.3, 0.4) is 0 Å². The number of hydrogen-bond acceptors (Lipinski definition) is 3. The van der Waals surface area contributed by atoms with Gasteiger partial charge in [0.1, 0.15) is 9.09 Å². The summed E-state index contributed by atoms with van der Waals surface area (Å²) in [4.78, 5) is 5.88. The van der Waals surface area contributed by atoms with E-state index < -0.39 is 0 Å². The monoisotopic (exact) mass is 309 g/mol. The zero-order valence-corrected chi connectivity index (χ0v) is 10.4. The molecular formula is C8H8INS2. The van der Waals surface area contributed by atoms with Crippen molar-refractivity contribution in [3.63, 3.8) is 0 Å². The van der Waals surface area contributed by atoms with E-state index >= 15 is 0 Å². The van der Waals surface area contributed by atoms with Gasteiger partial charge in [-0.15, -0.1) is 23.1 Å². The molecule has 64 valence electrons. The van der Waals surface area contributed by atoms with Crippen LogP contribution in [0.1, 0.15) is 10.4 Å². The normalized spacial score (nSPS) is 22.8. The van der Waals surface area contributed by atoms with E-state index in [1.165, 1.54) is 15.5 Å². The van der Waals surface area contributed by atoms with Gasteiger partial charge in [-0.25, -0.2) is 0 Å². The molecule has 0 radical (unpaired) electrons. The summed E-state index contributed by atoms with van der Waals surface area (Å²) in [5, 5.41) is 3.41. The summed E-state index contributed by atoms with van der Waals surface area (Å²) in [6.45, 7) is 2.13. The van der Waals surface area contributed by atoms with Gasteiger partial charge in [-0.2, -0.15) is 0 Å². The van der Waals surface area contributed by atoms with E-state index in [1.54, 1.807) is 11.3 Å². The molecule has 0 N–H and O–H groups in total. The fraction of sp³-hybridized carbons (Fsp3) is 0.375. The Labute approximate surface area is 93.8 Å². The maximum atomic E-state index is 4.55. The van der Waals surface area contributed by atoms with Crippen molar-refractivity contribution in [1.82, 2.24) is 0 Å². The van der Waals surface area contributed by atoms with Gasteiger partial charge in [0.25, 0.3) is 0 Å². The third-order valence-electron chi connectivity index (χ3n) is 1.56. The van der Waals surface area contributed by atoms with Gasteiger partial charge in [-0.05, 0) is 23.9 Å². The first kappa shape index (κ1) is 9.02. The third kappa shape index (κ3) is 1.85. The van der Waals surface area contributed by atoms with Crippen molar-refractivity contribution in [2.45, 2.75) is 11.0 Å². The Hall–Kier alpha value is 0.450. The van der Waals surface area contributed by atoms with Crippen LogP contribution in [0.15, 0.2) is 16.4 Å². The molecule has 4 heteroatoms. The minimum Gasteiger partial charge on any atom is -0.262 e. The number of aryl methyl sites for hydroxylation is 1. The predicted molar refractivity (Wildman–Crippen MR) is 65.9 cm³/mol. The molecule has 12 heavy (non-hydrogen) atoms. The van der Waals surface area contributed by atoms with Crippen LogP contribution in [0, 0.1) is 6.92 Å². The number of alkyl halides is 1. The molecule has 0 unspecified atom stereocenters. The van der Waals surface area contributed by atoms with Crippen LogP contribution in [-0.2, 0) is 0 Å². The van der Waals surface area contributed by atoms with Crippen molar-refractivity contribution >= 4 is 50.7 Å². The van der Waals surface area contributed by atoms with Crippen molar-refractivity contribution in [3.8, 4) is 0 Å². The first-order chi connectivity index (χ1) is 5.75. The van der Waals surface area contributed by atoms with E-state index in [9.17, 15) is 0 Å². The average molecular weight is 309 g/mol. The highest BCUT2D eigenvalue weighted by atomic mass is 127. The van der Waals surface area contributed by atoms with Crippen molar-refractivity contribution in [2.24, 2.45) is 4.99 Å². The van der Waals surface area contributed by atoms with Crippen molar-refractivity contribution in [1.29, 1.82) is 0 Å². The molecule has 1 aliphatic heterocycles. The highest BCUT2D eigenvalue weighted by Crippen LogP contribution is 2.29. The Morgan fingerprint density at radius 1 is 1.67 bits per heavy atom. The lowest BCUT2D eigenvalue weighted by Gasteiger charge is -1.90. The largest absolute Gasteiger partial charge is 0.262 e. The molecule has 1 atom stereocenters. The van der Waals surface area contributed by atoms with Gasteiger partial charge in [0.15, 0.2) is 0 Å². The van der Waals surface area contributed by atoms with E-state index in [1.807, 2.05) is 11.8 Å². The van der Waals surface area contributed by atoms with Crippen molar-refractivity contribution in [3.05, 3.63) is 21.9 Å². The Kier molecular flexibility index (Phi) is 2.76. The fourth-order valence-corrected chi connectivity index (χ4v) is 3.92. The fourth-order valence-electron chi connectivity index (χ4n) is 1.03. The lowest BCUT2D eigenvalue weighted by atomic mass is 10.3. The van der Waals surface area contributed by atoms with Gasteiger partial charge < -0.3 is 0 Å². The van der Waals surface area contributed by atoms with Gasteiger partial charge >= 0.3 is 0 Å². The number of aliphatic imine (C=N–C) groups is 1. The Morgan fingerprint density at radius 2 is 2.50 bits per heavy atom. The van der Waals surface area contributed by atoms with E-state index in [4.69, 9.17) is 0 Å². The molecule has 2 rings (SSSR count). The van der Waals surface area contributed by atoms with Crippen LogP contribution in [0.5, 0.6) is 0 Å². The zero-order chi connectivity index (χ0) is 8.55. The number of thioether (sulfide) groups is 1. The van der Waals surface area contributed by atoms with Crippen molar-refractivity contribution < 1.29 is 0 Å². The number of hydrogen-bond donors (Lipinski definition) is 0. The molecule has 1 aliphatic rings. The van der Waals surface area contributed by atoms with Crippen LogP contribution < -0.4 is 0 Å². The molecule has 0 aliphatic carbocycles. The molecular weight excluding hydrogens is 301 g/mol. The minimum absolute atomic E-state index is 0.477. The molecule has 0 saturated carbocycles. The summed E-state index contributed by atoms with van der Waals surface area (Å²) >= 11 is 6.04. The zero-order valence-electron chi connectivity index (χ0n) is 6.58. The number of nitrogens with zero attached hydrogens (tertiary/aromatic N) is 1. The van der Waals surface area contributed by atoms with Crippen LogP contribution in [0.25, 0.3) is 0 Å². The first-order valence-corrected chi connectivity index (χ1v) is 6.77. The molecule has 0 aromatic carbocycles. The SMILES string of the molecule is Cc1csc(C2=N[C@H](I)CS2)c1. The van der Waals surface area contributed by atoms with E-state index in [2.05, 4.69) is 46.0 Å². The van der Waals surface area contributed by atoms with Crippen LogP contribution in [-0.4, -0.2) is 14.8 Å². The molecule has 1 aromatic heterocycles. The van der Waals surface area contributed by atoms with Crippen molar-refractivity contribution in [2.75, 3.05) is 5.75 Å². The van der Waals surface area contributed by atoms with Gasteiger partial charge in [0.05, 0.1) is 4.88 Å². The van der Waals surface area contributed by atoms with E-state index in [0.29, 0.717) is 4.05 Å². The summed E-state index contributed by atoms with van der Waals surface area (Å²) < 4.78 is 0.477. The van der Waals surface area contributed by atoms with Gasteiger partial charge in [0, 0.05) is 5.75 Å². The summed E-state index contributed by atoms with van der Waals surface area (Å²) in [5.41, 5.74) is 1.34. The Balaban J connectivity index is 2.26. The molecule has 0 fully saturated rings. The highest BCUT2D eigenvalue weighted by molar-refractivity contribution is 14.1. The second kappa shape index (κ2) is 3.67. The molecule has 0 bridgehead atoms. The quantitative estimate of drug-likeness (QED) is 0.440. The number of rotatable bonds is 1. The predicted octanol–water partition coefficient (Wildman–Crippen LogP) is 3.31. The third-order valence-corrected chi connectivity index (χ3v) is 5.14. The first-order valence-electron chi connectivity index (χ1n) is 3.66. The van der Waals surface area contributed by atoms with Crippen LogP contribution in [0.2, 0.25) is 0 Å². The minimum atomic E-state index is 0.477. The second-order valence-electron chi connectivity index (χ2n) is 2.67. The maximum absolute atomic E-state index is 4.55. The topological polar surface area (TPSA) is 12.4 Å². The highest BCUT2D eigenvalue weighted by Gasteiger charge is 2.17. The standard InChI is InChI=1S/C8H8INS2/c1-5-2-6(11-3-5)8-10-7(9)4-12-8/h2-3,7H,4H2,1H3/t7-/m0/s1. The van der Waals surface area contributed by atoms with Gasteiger partial charge in [0.2, 0.25) is 0 Å². The van der Waals surface area contributed by atoms with Crippen LogP contribution in [0.4, 0.5) is 0 Å². The van der Waals surface area contributed by atoms with Gasteiger partial charge in [-0.3, -0.25) is 4.99 Å².